The van der Waals surface area contributed by atoms with Gasteiger partial charge in [0.1, 0.15) is 24.5 Å². The lowest BCUT2D eigenvalue weighted by atomic mass is 9.74. The third-order valence-electron chi connectivity index (χ3n) is 10.6. The number of carboxylic acids is 2. The van der Waals surface area contributed by atoms with Gasteiger partial charge in [-0.25, -0.2) is 14.6 Å². The fourth-order valence-corrected chi connectivity index (χ4v) is 7.96. The molecule has 0 saturated carbocycles. The Bertz CT molecular complexity index is 2550. The summed E-state index contributed by atoms with van der Waals surface area (Å²) in [6.07, 6.45) is -10.2. The van der Waals surface area contributed by atoms with Crippen molar-refractivity contribution < 1.29 is 46.1 Å². The van der Waals surface area contributed by atoms with E-state index in [4.69, 9.17) is 4.98 Å². The van der Waals surface area contributed by atoms with Crippen LogP contribution in [0.4, 0.5) is 32.0 Å². The molecule has 0 fully saturated rings. The Morgan fingerprint density at radius 1 is 0.625 bits per heavy atom. The molecular formula is C44H29F6N2O4+. The third-order valence-corrected chi connectivity index (χ3v) is 10.6. The molecule has 2 N–H and O–H groups in total. The minimum Gasteiger partial charge on any atom is -0.478 e. The van der Waals surface area contributed by atoms with Crippen LogP contribution in [0.25, 0.3) is 27.4 Å². The van der Waals surface area contributed by atoms with Gasteiger partial charge in [0.2, 0.25) is 5.41 Å². The first kappa shape index (κ1) is 36.4. The lowest BCUT2D eigenvalue weighted by molar-refractivity contribution is -0.303. The molecule has 12 heteroatoms. The minimum absolute atomic E-state index is 0.0594. The van der Waals surface area contributed by atoms with E-state index >= 15 is 26.3 Å². The molecule has 0 bridgehead atoms. The predicted octanol–water partition coefficient (Wildman–Crippen LogP) is 10.9. The van der Waals surface area contributed by atoms with Crippen LogP contribution in [-0.4, -0.2) is 39.5 Å². The summed E-state index contributed by atoms with van der Waals surface area (Å²) in [4.78, 5) is 28.3. The molecule has 0 saturated heterocycles. The van der Waals surface area contributed by atoms with E-state index in [0.717, 1.165) is 6.08 Å². The maximum absolute atomic E-state index is 15.2. The van der Waals surface area contributed by atoms with Crippen molar-refractivity contribution in [3.8, 4) is 0 Å². The molecule has 1 aromatic heterocycles. The molecule has 5 aromatic carbocycles. The number of para-hydroxylation sites is 3. The molecule has 0 atom stereocenters. The summed E-state index contributed by atoms with van der Waals surface area (Å²) in [6, 6.07) is 32.5. The van der Waals surface area contributed by atoms with E-state index in [1.807, 2.05) is 12.1 Å². The summed E-state index contributed by atoms with van der Waals surface area (Å²) in [5.74, 6) is -2.43. The normalized spacial score (nSPS) is 16.0. The number of allylic oxidation sites excluding steroid dienone is 3. The van der Waals surface area contributed by atoms with Gasteiger partial charge in [-0.15, -0.1) is 0 Å². The molecular weight excluding hydrogens is 734 g/mol. The molecule has 0 radical (unpaired) electrons. The molecule has 2 heterocycles. The number of nitrogens with zero attached hydrogens (tertiary/aromatic N) is 2. The average molecular weight is 764 g/mol. The van der Waals surface area contributed by atoms with Crippen molar-refractivity contribution in [3.05, 3.63) is 184 Å². The Balaban J connectivity index is 1.53. The maximum Gasteiger partial charge on any atom is 0.410 e. The van der Waals surface area contributed by atoms with Crippen molar-refractivity contribution in [1.29, 1.82) is 0 Å². The Labute approximate surface area is 315 Å². The summed E-state index contributed by atoms with van der Waals surface area (Å²) >= 11 is 0. The third kappa shape index (κ3) is 5.75. The van der Waals surface area contributed by atoms with E-state index in [1.54, 1.807) is 60.7 Å². The Hall–Kier alpha value is -6.53. The van der Waals surface area contributed by atoms with Crippen molar-refractivity contribution in [3.63, 3.8) is 0 Å². The first-order valence-electron chi connectivity index (χ1n) is 17.3. The van der Waals surface area contributed by atoms with Gasteiger partial charge in [-0.1, -0.05) is 84.9 Å². The van der Waals surface area contributed by atoms with Crippen molar-refractivity contribution in [2.45, 2.75) is 25.4 Å². The second-order valence-corrected chi connectivity index (χ2v) is 13.8. The van der Waals surface area contributed by atoms with Crippen LogP contribution in [0.5, 0.6) is 0 Å². The number of pyridine rings is 1. The number of alkyl halides is 6. The monoisotopic (exact) mass is 763 g/mol. The molecule has 1 aliphatic carbocycles. The summed E-state index contributed by atoms with van der Waals surface area (Å²) < 4.78 is 90.4. The lowest BCUT2D eigenvalue weighted by Gasteiger charge is -2.47. The number of halogens is 6. The molecule has 6 nitrogen and oxygen atoms in total. The highest BCUT2D eigenvalue weighted by atomic mass is 19.4. The second kappa shape index (κ2) is 13.1. The largest absolute Gasteiger partial charge is 0.478 e. The fourth-order valence-electron chi connectivity index (χ4n) is 7.96. The van der Waals surface area contributed by atoms with E-state index in [1.165, 1.54) is 48.5 Å². The first-order chi connectivity index (χ1) is 26.6. The van der Waals surface area contributed by atoms with Gasteiger partial charge in [0.05, 0.1) is 22.2 Å². The number of benzene rings is 5. The number of carboxylic acid groups (broad SMARTS) is 2. The van der Waals surface area contributed by atoms with Gasteiger partial charge in [-0.3, -0.25) is 4.48 Å². The Morgan fingerprint density at radius 2 is 1.09 bits per heavy atom. The number of hydrogen-bond acceptors (Lipinski definition) is 3. The van der Waals surface area contributed by atoms with Gasteiger partial charge in [0, 0.05) is 56.3 Å². The van der Waals surface area contributed by atoms with E-state index in [0.29, 0.717) is 61.4 Å². The number of quaternary nitrogens is 1. The summed E-state index contributed by atoms with van der Waals surface area (Å²) in [5.41, 5.74) is -0.775. The highest BCUT2D eigenvalue weighted by Crippen LogP contribution is 2.60. The molecule has 2 aliphatic rings. The van der Waals surface area contributed by atoms with Crippen LogP contribution in [0.3, 0.4) is 0 Å². The number of aromatic carboxylic acids is 2. The van der Waals surface area contributed by atoms with Crippen LogP contribution in [0, 0.1) is 5.41 Å². The van der Waals surface area contributed by atoms with E-state index in [2.05, 4.69) is 0 Å². The van der Waals surface area contributed by atoms with Crippen LogP contribution in [0.2, 0.25) is 0 Å². The average Bonchev–Trinajstić information content (AvgIpc) is 3.17. The van der Waals surface area contributed by atoms with Gasteiger partial charge < -0.3 is 10.2 Å². The second-order valence-electron chi connectivity index (χ2n) is 13.8. The summed E-state index contributed by atoms with van der Waals surface area (Å²) in [7, 11) is 0. The van der Waals surface area contributed by atoms with E-state index in [-0.39, 0.29) is 41.6 Å². The van der Waals surface area contributed by atoms with Crippen LogP contribution < -0.4 is 4.48 Å². The molecule has 1 aliphatic heterocycles. The SMILES string of the molecule is O=C(O)c1ccc(C[N+]2(Cc3ccc(C(=O)O)cc3)C3=CC(C(F)(F)F)(C(F)(F)F)C=CC3=C(c3c4ccccc4nc4ccccc34)c3ccccc32)cc1. The number of aromatic nitrogens is 1. The zero-order chi connectivity index (χ0) is 39.6. The number of fused-ring (bicyclic) bond motifs is 4. The molecule has 56 heavy (non-hydrogen) atoms. The topological polar surface area (TPSA) is 87.5 Å². The predicted molar refractivity (Wildman–Crippen MR) is 199 cm³/mol. The maximum atomic E-state index is 15.2. The van der Waals surface area contributed by atoms with Crippen molar-refractivity contribution >= 4 is 45.0 Å². The van der Waals surface area contributed by atoms with Crippen molar-refractivity contribution in [2.24, 2.45) is 5.41 Å². The van der Waals surface area contributed by atoms with E-state index in [9.17, 15) is 19.8 Å². The van der Waals surface area contributed by atoms with Crippen LogP contribution in [0.1, 0.15) is 43.0 Å². The standard InChI is InChI=1S/C44H28F6N2O4/c45-43(46,47)42(44(48,49)50)22-21-33-37(23-42)52(24-26-13-17-28(18-14-26)40(53)54,25-27-15-19-29(20-16-27)41(55)56)36-12-6-3-9-32(36)39(33)38-30-7-1-4-10-34(30)51-35-11-5-2-8-31(35)38/h1-23H,24-25H2,(H-,53,54,55,56)/p+1. The molecule has 0 amide bonds. The van der Waals surface area contributed by atoms with Gasteiger partial charge in [0.25, 0.3) is 0 Å². The summed E-state index contributed by atoms with van der Waals surface area (Å²) in [6.45, 7) is -0.421. The van der Waals surface area contributed by atoms with Gasteiger partial charge in [-0.2, -0.15) is 26.3 Å². The minimum atomic E-state index is -5.81. The lowest BCUT2D eigenvalue weighted by Crippen LogP contribution is -2.54. The van der Waals surface area contributed by atoms with Gasteiger partial charge >= 0.3 is 24.3 Å². The Kier molecular flexibility index (Phi) is 8.50. The van der Waals surface area contributed by atoms with Crippen LogP contribution in [-0.2, 0) is 13.1 Å². The smallest absolute Gasteiger partial charge is 0.410 e. The molecule has 0 unspecified atom stereocenters. The first-order valence-corrected chi connectivity index (χ1v) is 17.3. The number of rotatable bonds is 7. The van der Waals surface area contributed by atoms with Crippen molar-refractivity contribution in [1.82, 2.24) is 9.47 Å². The number of hydrogen-bond donors (Lipinski definition) is 2. The zero-order valence-corrected chi connectivity index (χ0v) is 29.1. The number of carbonyl (C=O) groups is 2. The molecule has 280 valence electrons. The van der Waals surface area contributed by atoms with Crippen molar-refractivity contribution in [2.75, 3.05) is 0 Å². The molecule has 0 spiro atoms. The highest BCUT2D eigenvalue weighted by molar-refractivity contribution is 6.12. The zero-order valence-electron chi connectivity index (χ0n) is 29.1. The van der Waals surface area contributed by atoms with E-state index < -0.39 is 34.2 Å². The van der Waals surface area contributed by atoms with Gasteiger partial charge in [0.15, 0.2) is 0 Å². The quantitative estimate of drug-likeness (QED) is 0.0960. The van der Waals surface area contributed by atoms with Crippen LogP contribution in [0.15, 0.2) is 151 Å². The molecule has 8 rings (SSSR count). The summed E-state index contributed by atoms with van der Waals surface area (Å²) in [5, 5.41) is 20.5. The highest BCUT2D eigenvalue weighted by Gasteiger charge is 2.70. The fraction of sp³-hybridized carbons (Fsp3) is 0.114. The van der Waals surface area contributed by atoms with Crippen LogP contribution >= 0.6 is 0 Å². The van der Waals surface area contributed by atoms with Gasteiger partial charge in [-0.05, 0) is 42.5 Å². The Morgan fingerprint density at radius 3 is 1.57 bits per heavy atom. The molecule has 6 aromatic rings.